The molecule has 6 heteroatoms. The number of thiophene rings is 1. The van der Waals surface area contributed by atoms with Gasteiger partial charge in [-0.2, -0.15) is 5.26 Å². The van der Waals surface area contributed by atoms with Crippen LogP contribution < -0.4 is 0 Å². The van der Waals surface area contributed by atoms with Gasteiger partial charge in [0.2, 0.25) is 0 Å². The predicted octanol–water partition coefficient (Wildman–Crippen LogP) is 4.41. The van der Waals surface area contributed by atoms with Crippen LogP contribution in [0.4, 0.5) is 0 Å². The molecule has 0 aliphatic rings. The number of hydrogen-bond acceptors (Lipinski definition) is 6. The molecule has 0 aliphatic carbocycles. The largest absolute Gasteiger partial charge is 0.457 e. The number of hydrogen-bond donors (Lipinski definition) is 0. The number of carbonyl (C=O) groups is 1. The number of ether oxygens (including phenoxy) is 1. The molecular formula is C17H12N2O2S2. The molecule has 3 rings (SSSR count). The number of nitrogens with zero attached hydrogens (tertiary/aromatic N) is 2. The minimum Gasteiger partial charge on any atom is -0.457 e. The van der Waals surface area contributed by atoms with Gasteiger partial charge in [0.05, 0.1) is 22.2 Å². The summed E-state index contributed by atoms with van der Waals surface area (Å²) >= 11 is 2.91. The Hall–Kier alpha value is -2.49. The first-order valence-electron chi connectivity index (χ1n) is 6.85. The summed E-state index contributed by atoms with van der Waals surface area (Å²) in [5.74, 6) is -0.407. The van der Waals surface area contributed by atoms with E-state index in [0.29, 0.717) is 21.7 Å². The molecule has 0 saturated heterocycles. The van der Waals surface area contributed by atoms with E-state index in [2.05, 4.69) is 11.1 Å². The van der Waals surface area contributed by atoms with Crippen molar-refractivity contribution in [3.05, 3.63) is 63.5 Å². The van der Waals surface area contributed by atoms with Gasteiger partial charge >= 0.3 is 5.97 Å². The predicted molar refractivity (Wildman–Crippen MR) is 90.4 cm³/mol. The molecule has 114 valence electrons. The van der Waals surface area contributed by atoms with Crippen molar-refractivity contribution in [2.75, 3.05) is 0 Å². The van der Waals surface area contributed by atoms with Crippen molar-refractivity contribution < 1.29 is 9.53 Å². The van der Waals surface area contributed by atoms with Crippen LogP contribution >= 0.6 is 22.7 Å². The highest BCUT2D eigenvalue weighted by molar-refractivity contribution is 7.22. The Morgan fingerprint density at radius 1 is 1.30 bits per heavy atom. The maximum absolute atomic E-state index is 12.3. The van der Waals surface area contributed by atoms with E-state index in [4.69, 9.17) is 10.00 Å². The van der Waals surface area contributed by atoms with Crippen LogP contribution in [0.1, 0.15) is 26.5 Å². The van der Waals surface area contributed by atoms with E-state index in [9.17, 15) is 4.79 Å². The van der Waals surface area contributed by atoms with Crippen molar-refractivity contribution in [1.82, 2.24) is 4.98 Å². The summed E-state index contributed by atoms with van der Waals surface area (Å²) in [4.78, 5) is 18.3. The zero-order valence-electron chi connectivity index (χ0n) is 12.3. The van der Waals surface area contributed by atoms with Gasteiger partial charge in [0.1, 0.15) is 16.5 Å². The average molecular weight is 340 g/mol. The van der Waals surface area contributed by atoms with Crippen molar-refractivity contribution in [1.29, 1.82) is 5.26 Å². The number of aryl methyl sites for hydroxylation is 1. The molecule has 0 spiro atoms. The van der Waals surface area contributed by atoms with Crippen molar-refractivity contribution in [3.8, 4) is 16.0 Å². The van der Waals surface area contributed by atoms with E-state index in [1.165, 1.54) is 11.3 Å². The minimum absolute atomic E-state index is 0.0776. The van der Waals surface area contributed by atoms with Crippen LogP contribution in [0.2, 0.25) is 0 Å². The van der Waals surface area contributed by atoms with E-state index in [1.54, 1.807) is 36.5 Å². The molecule has 2 heterocycles. The quantitative estimate of drug-likeness (QED) is 0.660. The molecule has 4 nitrogen and oxygen atoms in total. The van der Waals surface area contributed by atoms with Gasteiger partial charge in [0, 0.05) is 5.56 Å². The van der Waals surface area contributed by atoms with E-state index < -0.39 is 5.97 Å². The van der Waals surface area contributed by atoms with Gasteiger partial charge in [-0.25, -0.2) is 9.78 Å². The molecule has 0 N–H and O–H groups in total. The highest BCUT2D eigenvalue weighted by Gasteiger charge is 2.18. The Balaban J connectivity index is 1.75. The summed E-state index contributed by atoms with van der Waals surface area (Å²) in [6.45, 7) is 1.88. The number of esters is 1. The highest BCUT2D eigenvalue weighted by Crippen LogP contribution is 2.31. The van der Waals surface area contributed by atoms with Crippen LogP contribution in [0.15, 0.2) is 41.8 Å². The molecule has 0 atom stereocenters. The lowest BCUT2D eigenvalue weighted by Crippen LogP contribution is -2.05. The summed E-state index contributed by atoms with van der Waals surface area (Å²) < 4.78 is 5.35. The van der Waals surface area contributed by atoms with Crippen LogP contribution in [0.3, 0.4) is 0 Å². The molecule has 0 unspecified atom stereocenters. The summed E-state index contributed by atoms with van der Waals surface area (Å²) in [5.41, 5.74) is 1.88. The van der Waals surface area contributed by atoms with Gasteiger partial charge < -0.3 is 4.74 Å². The Morgan fingerprint density at radius 3 is 2.87 bits per heavy atom. The van der Waals surface area contributed by atoms with Crippen LogP contribution in [-0.2, 0) is 11.3 Å². The molecule has 0 amide bonds. The number of benzene rings is 1. The third kappa shape index (κ3) is 3.31. The lowest BCUT2D eigenvalue weighted by atomic mass is 10.1. The highest BCUT2D eigenvalue weighted by atomic mass is 32.1. The van der Waals surface area contributed by atoms with Gasteiger partial charge in [-0.15, -0.1) is 22.7 Å². The standard InChI is InChI=1S/C17H12N2O2S2/c1-11-15(23-16(19-11)14-7-4-8-22-14)17(20)21-10-13-6-3-2-5-12(13)9-18/h2-8H,10H2,1H3. The van der Waals surface area contributed by atoms with E-state index in [1.807, 2.05) is 23.6 Å². The first kappa shape index (κ1) is 15.4. The van der Waals surface area contributed by atoms with Crippen LogP contribution in [0.5, 0.6) is 0 Å². The molecule has 23 heavy (non-hydrogen) atoms. The van der Waals surface area contributed by atoms with Gasteiger partial charge in [-0.05, 0) is 24.4 Å². The number of nitriles is 1. The summed E-state index contributed by atoms with van der Waals surface area (Å²) in [6, 6.07) is 13.1. The molecule has 0 aliphatic heterocycles. The third-order valence-electron chi connectivity index (χ3n) is 3.21. The maximum Gasteiger partial charge on any atom is 0.350 e. The van der Waals surface area contributed by atoms with Crippen molar-refractivity contribution >= 4 is 28.6 Å². The molecular weight excluding hydrogens is 328 g/mol. The van der Waals surface area contributed by atoms with Gasteiger partial charge in [-0.3, -0.25) is 0 Å². The Bertz CT molecular complexity index is 876. The molecule has 3 aromatic rings. The van der Waals surface area contributed by atoms with E-state index in [-0.39, 0.29) is 6.61 Å². The minimum atomic E-state index is -0.407. The van der Waals surface area contributed by atoms with Crippen LogP contribution in [-0.4, -0.2) is 11.0 Å². The summed E-state index contributed by atoms with van der Waals surface area (Å²) in [5, 5.41) is 11.9. The normalized spacial score (nSPS) is 10.3. The zero-order valence-corrected chi connectivity index (χ0v) is 13.9. The topological polar surface area (TPSA) is 63.0 Å². The first-order chi connectivity index (χ1) is 11.2. The van der Waals surface area contributed by atoms with Crippen molar-refractivity contribution in [3.63, 3.8) is 0 Å². The third-order valence-corrected chi connectivity index (χ3v) is 5.39. The molecule has 2 aromatic heterocycles. The summed E-state index contributed by atoms with van der Waals surface area (Å²) in [6.07, 6.45) is 0. The second kappa shape index (κ2) is 6.73. The van der Waals surface area contributed by atoms with Gasteiger partial charge in [0.15, 0.2) is 0 Å². The molecule has 0 saturated carbocycles. The second-order valence-corrected chi connectivity index (χ2v) is 6.70. The van der Waals surface area contributed by atoms with Gasteiger partial charge in [-0.1, -0.05) is 24.3 Å². The molecule has 1 aromatic carbocycles. The van der Waals surface area contributed by atoms with E-state index in [0.717, 1.165) is 9.88 Å². The molecule has 0 radical (unpaired) electrons. The van der Waals surface area contributed by atoms with Gasteiger partial charge in [0.25, 0.3) is 0 Å². The number of thiazole rings is 1. The Kier molecular flexibility index (Phi) is 4.51. The number of carbonyl (C=O) groups excluding carboxylic acids is 1. The average Bonchev–Trinajstić information content (AvgIpc) is 3.22. The monoisotopic (exact) mass is 340 g/mol. The zero-order chi connectivity index (χ0) is 16.2. The maximum atomic E-state index is 12.3. The number of aromatic nitrogens is 1. The fourth-order valence-corrected chi connectivity index (χ4v) is 3.81. The number of rotatable bonds is 4. The lowest BCUT2D eigenvalue weighted by Gasteiger charge is -2.05. The van der Waals surface area contributed by atoms with Crippen molar-refractivity contribution in [2.24, 2.45) is 0 Å². The molecule has 0 bridgehead atoms. The van der Waals surface area contributed by atoms with Crippen LogP contribution in [0.25, 0.3) is 9.88 Å². The van der Waals surface area contributed by atoms with E-state index >= 15 is 0 Å². The first-order valence-corrected chi connectivity index (χ1v) is 8.55. The lowest BCUT2D eigenvalue weighted by molar-refractivity contribution is 0.0477. The fraction of sp³-hybridized carbons (Fsp3) is 0.118. The SMILES string of the molecule is Cc1nc(-c2cccs2)sc1C(=O)OCc1ccccc1C#N. The second-order valence-electron chi connectivity index (χ2n) is 4.76. The van der Waals surface area contributed by atoms with Crippen molar-refractivity contribution in [2.45, 2.75) is 13.5 Å². The fourth-order valence-electron chi connectivity index (χ4n) is 2.06. The Labute approximate surface area is 141 Å². The smallest absolute Gasteiger partial charge is 0.350 e. The summed E-state index contributed by atoms with van der Waals surface area (Å²) in [7, 11) is 0. The van der Waals surface area contributed by atoms with Crippen LogP contribution in [0, 0.1) is 18.3 Å². The Morgan fingerprint density at radius 2 is 2.13 bits per heavy atom. The molecule has 0 fully saturated rings.